The second kappa shape index (κ2) is 37.5. The van der Waals surface area contributed by atoms with Crippen LogP contribution >= 0.6 is 7.82 Å². The normalized spacial score (nSPS) is 15.1. The Balaban J connectivity index is 4.23. The number of nitrogens with zero attached hydrogens (tertiary/aromatic N) is 1. The molecular weight excluding hydrogens is 707 g/mol. The highest BCUT2D eigenvalue weighted by molar-refractivity contribution is 7.47. The van der Waals surface area contributed by atoms with Crippen molar-refractivity contribution in [3.63, 3.8) is 0 Å². The zero-order valence-electron chi connectivity index (χ0n) is 35.9. The molecule has 0 saturated heterocycles. The second-order valence-corrected chi connectivity index (χ2v) is 17.1. The number of quaternary nitrogens is 1. The number of allylic oxidation sites excluding steroid dienone is 11. The molecule has 0 spiro atoms. The van der Waals surface area contributed by atoms with Crippen molar-refractivity contribution in [2.75, 3.05) is 40.9 Å². The fraction of sp³-hybridized carbons (Fsp3) is 0.717. The molecular formula is C46H84N2O6P+. The van der Waals surface area contributed by atoms with Gasteiger partial charge in [0.1, 0.15) is 13.2 Å². The van der Waals surface area contributed by atoms with E-state index in [1.807, 2.05) is 27.2 Å². The number of nitrogens with one attached hydrogen (secondary N) is 1. The summed E-state index contributed by atoms with van der Waals surface area (Å²) in [5.74, 6) is -0.191. The van der Waals surface area contributed by atoms with Gasteiger partial charge >= 0.3 is 7.82 Å². The summed E-state index contributed by atoms with van der Waals surface area (Å²) in [7, 11) is 1.55. The molecule has 0 rings (SSSR count). The Labute approximate surface area is 338 Å². The van der Waals surface area contributed by atoms with E-state index in [1.54, 1.807) is 6.08 Å². The first-order valence-corrected chi connectivity index (χ1v) is 23.3. The van der Waals surface area contributed by atoms with Gasteiger partial charge in [-0.1, -0.05) is 164 Å². The third-order valence-electron chi connectivity index (χ3n) is 9.18. The van der Waals surface area contributed by atoms with Crippen LogP contribution in [-0.4, -0.2) is 73.4 Å². The van der Waals surface area contributed by atoms with Crippen LogP contribution in [0.3, 0.4) is 0 Å². The van der Waals surface area contributed by atoms with E-state index in [4.69, 9.17) is 9.05 Å². The third kappa shape index (κ3) is 40.0. The molecule has 3 N–H and O–H groups in total. The minimum absolute atomic E-state index is 0.0564. The van der Waals surface area contributed by atoms with Gasteiger partial charge in [-0.25, -0.2) is 4.57 Å². The Morgan fingerprint density at radius 3 is 1.60 bits per heavy atom. The Morgan fingerprint density at radius 1 is 0.636 bits per heavy atom. The van der Waals surface area contributed by atoms with E-state index < -0.39 is 20.0 Å². The molecule has 0 aliphatic heterocycles. The number of unbranched alkanes of at least 4 members (excludes halogenated alkanes) is 15. The Hall–Kier alpha value is -2.06. The lowest BCUT2D eigenvalue weighted by molar-refractivity contribution is -0.870. The molecule has 0 aliphatic carbocycles. The highest BCUT2D eigenvalue weighted by atomic mass is 31.2. The van der Waals surface area contributed by atoms with Crippen molar-refractivity contribution >= 4 is 13.7 Å². The number of hydrogen-bond donors (Lipinski definition) is 3. The molecule has 0 aromatic rings. The molecule has 9 heteroatoms. The van der Waals surface area contributed by atoms with Crippen LogP contribution in [0.2, 0.25) is 0 Å². The van der Waals surface area contributed by atoms with Crippen molar-refractivity contribution in [3.8, 4) is 0 Å². The maximum Gasteiger partial charge on any atom is 0.472 e. The van der Waals surface area contributed by atoms with Gasteiger partial charge in [0.05, 0.1) is 39.9 Å². The average molecular weight is 792 g/mol. The van der Waals surface area contributed by atoms with Crippen LogP contribution < -0.4 is 5.32 Å². The Kier molecular flexibility index (Phi) is 36.1. The van der Waals surface area contributed by atoms with Crippen LogP contribution in [-0.2, 0) is 18.4 Å². The topological polar surface area (TPSA) is 105 Å². The van der Waals surface area contributed by atoms with Crippen molar-refractivity contribution in [1.82, 2.24) is 5.32 Å². The molecule has 0 radical (unpaired) electrons. The summed E-state index contributed by atoms with van der Waals surface area (Å²) in [5.41, 5.74) is 0. The fourth-order valence-electron chi connectivity index (χ4n) is 5.71. The molecule has 0 heterocycles. The first-order chi connectivity index (χ1) is 26.5. The van der Waals surface area contributed by atoms with Crippen molar-refractivity contribution in [3.05, 3.63) is 72.9 Å². The zero-order valence-corrected chi connectivity index (χ0v) is 36.8. The number of phosphoric ester groups is 1. The number of aliphatic hydroxyl groups excluding tert-OH is 1. The molecule has 0 aliphatic rings. The summed E-state index contributed by atoms with van der Waals surface area (Å²) >= 11 is 0. The van der Waals surface area contributed by atoms with Gasteiger partial charge in [-0.15, -0.1) is 0 Å². The first-order valence-electron chi connectivity index (χ1n) is 21.8. The molecule has 0 bridgehead atoms. The van der Waals surface area contributed by atoms with E-state index in [9.17, 15) is 19.4 Å². The summed E-state index contributed by atoms with van der Waals surface area (Å²) < 4.78 is 23.4. The molecule has 3 atom stereocenters. The number of amides is 1. The van der Waals surface area contributed by atoms with E-state index >= 15 is 0 Å². The van der Waals surface area contributed by atoms with Crippen molar-refractivity contribution in [1.29, 1.82) is 0 Å². The van der Waals surface area contributed by atoms with Gasteiger partial charge in [0, 0.05) is 6.42 Å². The summed E-state index contributed by atoms with van der Waals surface area (Å²) in [6.07, 6.45) is 49.8. The predicted molar refractivity (Wildman–Crippen MR) is 235 cm³/mol. The molecule has 318 valence electrons. The Morgan fingerprint density at radius 2 is 1.09 bits per heavy atom. The molecule has 0 aromatic carbocycles. The number of carbonyl (C=O) groups is 1. The lowest BCUT2D eigenvalue weighted by atomic mass is 10.0. The van der Waals surface area contributed by atoms with Gasteiger partial charge in [-0.2, -0.15) is 0 Å². The van der Waals surface area contributed by atoms with Crippen LogP contribution in [0.1, 0.15) is 162 Å². The van der Waals surface area contributed by atoms with Crippen LogP contribution in [0.25, 0.3) is 0 Å². The first kappa shape index (κ1) is 52.9. The van der Waals surface area contributed by atoms with Crippen LogP contribution in [0.15, 0.2) is 72.9 Å². The molecule has 0 fully saturated rings. The fourth-order valence-corrected chi connectivity index (χ4v) is 6.45. The van der Waals surface area contributed by atoms with Gasteiger partial charge in [0.2, 0.25) is 5.91 Å². The maximum absolute atomic E-state index is 12.8. The molecule has 1 amide bonds. The Bertz CT molecular complexity index is 1120. The molecule has 3 unspecified atom stereocenters. The highest BCUT2D eigenvalue weighted by Crippen LogP contribution is 2.43. The van der Waals surface area contributed by atoms with Crippen LogP contribution in [0.4, 0.5) is 0 Å². The summed E-state index contributed by atoms with van der Waals surface area (Å²) in [5, 5.41) is 13.7. The van der Waals surface area contributed by atoms with E-state index in [0.717, 1.165) is 77.0 Å². The van der Waals surface area contributed by atoms with E-state index in [0.29, 0.717) is 17.4 Å². The van der Waals surface area contributed by atoms with Gasteiger partial charge in [-0.3, -0.25) is 13.8 Å². The average Bonchev–Trinajstić information content (AvgIpc) is 3.13. The highest BCUT2D eigenvalue weighted by Gasteiger charge is 2.27. The minimum atomic E-state index is -4.33. The zero-order chi connectivity index (χ0) is 40.7. The lowest BCUT2D eigenvalue weighted by Gasteiger charge is -2.25. The summed E-state index contributed by atoms with van der Waals surface area (Å²) in [6, 6.07) is -0.850. The number of likely N-dealkylation sites (N-methyl/N-ethyl adjacent to an activating group) is 1. The number of aliphatic hydroxyl groups is 1. The molecule has 55 heavy (non-hydrogen) atoms. The maximum atomic E-state index is 12.8. The van der Waals surface area contributed by atoms with E-state index in [1.165, 1.54) is 64.2 Å². The molecule has 0 aromatic heterocycles. The van der Waals surface area contributed by atoms with Crippen molar-refractivity contribution < 1.29 is 32.9 Å². The van der Waals surface area contributed by atoms with E-state index in [-0.39, 0.29) is 19.1 Å². The van der Waals surface area contributed by atoms with Crippen LogP contribution in [0, 0.1) is 0 Å². The van der Waals surface area contributed by atoms with Gasteiger partial charge in [0.25, 0.3) is 0 Å². The predicted octanol–water partition coefficient (Wildman–Crippen LogP) is 12.0. The quantitative estimate of drug-likeness (QED) is 0.0249. The van der Waals surface area contributed by atoms with E-state index in [2.05, 4.69) is 79.9 Å². The summed E-state index contributed by atoms with van der Waals surface area (Å²) in [4.78, 5) is 23.0. The van der Waals surface area contributed by atoms with Crippen LogP contribution in [0.5, 0.6) is 0 Å². The number of hydrogen-bond acceptors (Lipinski definition) is 5. The number of phosphoric acid groups is 1. The monoisotopic (exact) mass is 792 g/mol. The minimum Gasteiger partial charge on any atom is -0.387 e. The second-order valence-electron chi connectivity index (χ2n) is 15.7. The summed E-state index contributed by atoms with van der Waals surface area (Å²) in [6.45, 7) is 4.63. The SMILES string of the molecule is CC/C=C\C/C=C\C/C=C\C/C=C\C/C=C\CCCCCCCCCCCC(=O)NC(COP(=O)(O)OCC[N+](C)(C)C)C(O)/C=C/CCCCCCCC. The van der Waals surface area contributed by atoms with Crippen molar-refractivity contribution in [2.24, 2.45) is 0 Å². The van der Waals surface area contributed by atoms with Gasteiger partial charge in [0.15, 0.2) is 0 Å². The number of rotatable bonds is 38. The lowest BCUT2D eigenvalue weighted by Crippen LogP contribution is -2.45. The molecule has 0 saturated carbocycles. The van der Waals surface area contributed by atoms with Gasteiger partial charge < -0.3 is 19.8 Å². The smallest absolute Gasteiger partial charge is 0.387 e. The van der Waals surface area contributed by atoms with Crippen molar-refractivity contribution in [2.45, 2.75) is 174 Å². The largest absolute Gasteiger partial charge is 0.472 e. The number of carbonyl (C=O) groups excluding carboxylic acids is 1. The molecule has 8 nitrogen and oxygen atoms in total. The standard InChI is InChI=1S/C46H83N2O6P/c1-6-8-10-12-14-16-17-18-19-20-21-22-23-24-25-26-27-28-29-30-31-32-34-36-38-40-46(50)47-44(43-54-55(51,52)53-42-41-48(3,4)5)45(49)39-37-35-33-15-13-11-9-7-2/h8,10,14,16,18-19,21-22,24-25,37,39,44-45,49H,6-7,9,11-13,15,17,20,23,26-36,38,40-43H2,1-5H3,(H-,47,50,51,52)/p+1/b10-8-,16-14-,19-18-,22-21-,25-24-,39-37+. The third-order valence-corrected chi connectivity index (χ3v) is 10.2. The van der Waals surface area contributed by atoms with Gasteiger partial charge in [-0.05, 0) is 64.2 Å².